The molecule has 0 aliphatic carbocycles. The van der Waals surface area contributed by atoms with E-state index >= 15 is 0 Å². The number of thiophene rings is 1. The molecule has 2 nitrogen and oxygen atoms in total. The number of aryl methyl sites for hydroxylation is 2. The van der Waals surface area contributed by atoms with Gasteiger partial charge in [-0.2, -0.15) is 0 Å². The lowest BCUT2D eigenvalue weighted by molar-refractivity contribution is 0.327. The van der Waals surface area contributed by atoms with Crippen LogP contribution < -0.4 is 5.73 Å². The molecule has 0 bridgehead atoms. The summed E-state index contributed by atoms with van der Waals surface area (Å²) in [5.41, 5.74) is 7.37. The smallest absolute Gasteiger partial charge is 0.0245 e. The average molecular weight is 247 g/mol. The molecule has 15 heavy (non-hydrogen) atoms. The number of halogens is 1. The average Bonchev–Trinajstić information content (AvgIpc) is 2.61. The van der Waals surface area contributed by atoms with Crippen LogP contribution in [0, 0.1) is 13.8 Å². The van der Waals surface area contributed by atoms with E-state index < -0.39 is 0 Å². The molecule has 2 rings (SSSR count). The van der Waals surface area contributed by atoms with Crippen molar-refractivity contribution in [3.05, 3.63) is 21.4 Å². The van der Waals surface area contributed by atoms with Gasteiger partial charge in [-0.1, -0.05) is 0 Å². The van der Waals surface area contributed by atoms with Crippen molar-refractivity contribution in [2.75, 3.05) is 13.1 Å². The first-order chi connectivity index (χ1) is 6.65. The minimum Gasteiger partial charge on any atom is -0.326 e. The Balaban J connectivity index is 0.00000112. The van der Waals surface area contributed by atoms with Crippen LogP contribution in [0.15, 0.2) is 6.07 Å². The van der Waals surface area contributed by atoms with Crippen molar-refractivity contribution in [2.45, 2.75) is 32.9 Å². The minimum atomic E-state index is 0. The van der Waals surface area contributed by atoms with E-state index in [1.807, 2.05) is 11.3 Å². The Hall–Kier alpha value is -0.0900. The van der Waals surface area contributed by atoms with Gasteiger partial charge in [0.25, 0.3) is 0 Å². The van der Waals surface area contributed by atoms with Gasteiger partial charge < -0.3 is 5.73 Å². The van der Waals surface area contributed by atoms with Crippen molar-refractivity contribution in [1.29, 1.82) is 0 Å². The second-order valence-corrected chi connectivity index (χ2v) is 5.68. The van der Waals surface area contributed by atoms with Crippen LogP contribution in [0.1, 0.15) is 21.7 Å². The summed E-state index contributed by atoms with van der Waals surface area (Å²) in [5, 5.41) is 0. The molecular weight excluding hydrogens is 228 g/mol. The fraction of sp³-hybridized carbons (Fsp3) is 0.636. The van der Waals surface area contributed by atoms with Gasteiger partial charge in [-0.25, -0.2) is 0 Å². The second-order valence-electron chi connectivity index (χ2n) is 4.22. The maximum absolute atomic E-state index is 5.88. The Morgan fingerprint density at radius 1 is 1.53 bits per heavy atom. The molecular formula is C11H19ClN2S. The van der Waals surface area contributed by atoms with Crippen molar-refractivity contribution in [3.63, 3.8) is 0 Å². The molecule has 2 N–H and O–H groups in total. The lowest BCUT2D eigenvalue weighted by atomic mass is 10.2. The van der Waals surface area contributed by atoms with Crippen molar-refractivity contribution < 1.29 is 0 Å². The summed E-state index contributed by atoms with van der Waals surface area (Å²) in [6, 6.07) is 2.71. The SMILES string of the molecule is Cc1cc(CN2CC[C@H](N)C2)c(C)s1.Cl. The Morgan fingerprint density at radius 3 is 2.73 bits per heavy atom. The molecule has 1 aliphatic heterocycles. The monoisotopic (exact) mass is 246 g/mol. The molecule has 0 unspecified atom stereocenters. The second kappa shape index (κ2) is 5.30. The van der Waals surface area contributed by atoms with Crippen molar-refractivity contribution in [2.24, 2.45) is 5.73 Å². The van der Waals surface area contributed by atoms with E-state index in [-0.39, 0.29) is 12.4 Å². The number of rotatable bonds is 2. The van der Waals surface area contributed by atoms with E-state index in [2.05, 4.69) is 24.8 Å². The van der Waals surface area contributed by atoms with Gasteiger partial charge in [0.15, 0.2) is 0 Å². The summed E-state index contributed by atoms with van der Waals surface area (Å²) in [7, 11) is 0. The van der Waals surface area contributed by atoms with Crippen LogP contribution in [0.25, 0.3) is 0 Å². The Kier molecular flexibility index (Phi) is 4.59. The fourth-order valence-corrected chi connectivity index (χ4v) is 3.03. The van der Waals surface area contributed by atoms with E-state index in [9.17, 15) is 0 Å². The minimum absolute atomic E-state index is 0. The fourth-order valence-electron chi connectivity index (χ4n) is 2.09. The van der Waals surface area contributed by atoms with E-state index in [0.717, 1.165) is 26.1 Å². The van der Waals surface area contributed by atoms with Crippen molar-refractivity contribution in [1.82, 2.24) is 4.90 Å². The van der Waals surface area contributed by atoms with E-state index in [1.165, 1.54) is 15.3 Å². The normalized spacial score (nSPS) is 21.7. The summed E-state index contributed by atoms with van der Waals surface area (Å²) >= 11 is 1.90. The summed E-state index contributed by atoms with van der Waals surface area (Å²) in [6.45, 7) is 7.70. The molecule has 86 valence electrons. The number of nitrogens with two attached hydrogens (primary N) is 1. The molecule has 0 radical (unpaired) electrons. The molecule has 4 heteroatoms. The number of hydrogen-bond donors (Lipinski definition) is 1. The topological polar surface area (TPSA) is 29.3 Å². The molecule has 0 spiro atoms. The van der Waals surface area contributed by atoms with Crippen molar-refractivity contribution >= 4 is 23.7 Å². The third kappa shape index (κ3) is 3.18. The van der Waals surface area contributed by atoms with Crippen LogP contribution in [0.4, 0.5) is 0 Å². The quantitative estimate of drug-likeness (QED) is 0.868. The first-order valence-electron chi connectivity index (χ1n) is 5.19. The van der Waals surface area contributed by atoms with Crippen LogP contribution >= 0.6 is 23.7 Å². The third-order valence-electron chi connectivity index (χ3n) is 2.85. The molecule has 1 atom stereocenters. The predicted molar refractivity (Wildman–Crippen MR) is 68.9 cm³/mol. The maximum Gasteiger partial charge on any atom is 0.0245 e. The molecule has 0 aromatic carbocycles. The zero-order chi connectivity index (χ0) is 10.1. The van der Waals surface area contributed by atoms with Crippen LogP contribution in [-0.4, -0.2) is 24.0 Å². The van der Waals surface area contributed by atoms with E-state index in [4.69, 9.17) is 5.73 Å². The summed E-state index contributed by atoms with van der Waals surface area (Å²) in [5.74, 6) is 0. The summed E-state index contributed by atoms with van der Waals surface area (Å²) in [4.78, 5) is 5.34. The number of nitrogens with zero attached hydrogens (tertiary/aromatic N) is 1. The highest BCUT2D eigenvalue weighted by Crippen LogP contribution is 2.23. The zero-order valence-electron chi connectivity index (χ0n) is 9.32. The van der Waals surface area contributed by atoms with Gasteiger partial charge in [0.2, 0.25) is 0 Å². The highest BCUT2D eigenvalue weighted by molar-refractivity contribution is 7.12. The van der Waals surface area contributed by atoms with Crippen LogP contribution in [0.3, 0.4) is 0 Å². The third-order valence-corrected chi connectivity index (χ3v) is 3.85. The lowest BCUT2D eigenvalue weighted by Crippen LogP contribution is -2.26. The molecule has 1 aromatic heterocycles. The lowest BCUT2D eigenvalue weighted by Gasteiger charge is -2.14. The maximum atomic E-state index is 5.88. The Labute approximate surface area is 102 Å². The molecule has 0 saturated carbocycles. The van der Waals surface area contributed by atoms with Gasteiger partial charge in [-0.15, -0.1) is 23.7 Å². The van der Waals surface area contributed by atoms with Crippen molar-refractivity contribution in [3.8, 4) is 0 Å². The van der Waals surface area contributed by atoms with Crippen LogP contribution in [0.2, 0.25) is 0 Å². The van der Waals surface area contributed by atoms with Gasteiger partial charge in [0.05, 0.1) is 0 Å². The molecule has 0 amide bonds. The van der Waals surface area contributed by atoms with E-state index in [0.29, 0.717) is 6.04 Å². The predicted octanol–water partition coefficient (Wildman–Crippen LogP) is 2.32. The number of likely N-dealkylation sites (tertiary alicyclic amines) is 1. The largest absolute Gasteiger partial charge is 0.326 e. The highest BCUT2D eigenvalue weighted by atomic mass is 35.5. The number of hydrogen-bond acceptors (Lipinski definition) is 3. The van der Waals surface area contributed by atoms with Gasteiger partial charge >= 0.3 is 0 Å². The Morgan fingerprint density at radius 2 is 2.27 bits per heavy atom. The van der Waals surface area contributed by atoms with Gasteiger partial charge in [0, 0.05) is 35.4 Å². The van der Waals surface area contributed by atoms with E-state index in [1.54, 1.807) is 0 Å². The molecule has 1 saturated heterocycles. The zero-order valence-corrected chi connectivity index (χ0v) is 11.0. The summed E-state index contributed by atoms with van der Waals surface area (Å²) < 4.78 is 0. The first kappa shape index (κ1) is 13.0. The molecule has 1 aromatic rings. The Bertz CT molecular complexity index is 324. The molecule has 1 fully saturated rings. The molecule has 2 heterocycles. The van der Waals surface area contributed by atoms with Gasteiger partial charge in [0.1, 0.15) is 0 Å². The van der Waals surface area contributed by atoms with Crippen LogP contribution in [0.5, 0.6) is 0 Å². The molecule has 1 aliphatic rings. The van der Waals surface area contributed by atoms with Gasteiger partial charge in [-0.05, 0) is 31.9 Å². The van der Waals surface area contributed by atoms with Crippen LogP contribution in [-0.2, 0) is 6.54 Å². The highest BCUT2D eigenvalue weighted by Gasteiger charge is 2.19. The first-order valence-corrected chi connectivity index (χ1v) is 6.00. The van der Waals surface area contributed by atoms with Gasteiger partial charge in [-0.3, -0.25) is 4.90 Å². The summed E-state index contributed by atoms with van der Waals surface area (Å²) in [6.07, 6.45) is 1.15. The standard InChI is InChI=1S/C11H18N2S.ClH/c1-8-5-10(9(2)14-8)6-13-4-3-11(12)7-13;/h5,11H,3-4,6-7,12H2,1-2H3;1H/t11-;/m0./s1.